The molecule has 7 nitrogen and oxygen atoms in total. The first-order valence-electron chi connectivity index (χ1n) is 9.03. The Bertz CT molecular complexity index is 1200. The van der Waals surface area contributed by atoms with Gasteiger partial charge in [0.05, 0.1) is 17.3 Å². The second kappa shape index (κ2) is 8.95. The van der Waals surface area contributed by atoms with E-state index in [9.17, 15) is 5.26 Å². The van der Waals surface area contributed by atoms with Gasteiger partial charge in [-0.25, -0.2) is 4.98 Å². The highest BCUT2D eigenvalue weighted by Gasteiger charge is 2.18. The summed E-state index contributed by atoms with van der Waals surface area (Å²) in [7, 11) is 0. The standard InChI is InChI=1S/C21H15ClN6OS/c1-2-29-16-7-5-15(6-8-16)28-20(14-4-3-11-24-13-14)26-27-21(28)30-19-10-9-17(22)18(12-23)25-19/h3-11,13H,2H2,1H3. The first-order chi connectivity index (χ1) is 14.7. The second-order valence-electron chi connectivity index (χ2n) is 6.00. The average Bonchev–Trinajstić information content (AvgIpc) is 3.20. The highest BCUT2D eigenvalue weighted by atomic mass is 35.5. The van der Waals surface area contributed by atoms with Crippen molar-refractivity contribution in [3.05, 3.63) is 71.6 Å². The maximum absolute atomic E-state index is 9.21. The van der Waals surface area contributed by atoms with Gasteiger partial charge < -0.3 is 4.74 Å². The van der Waals surface area contributed by atoms with Gasteiger partial charge in [0.2, 0.25) is 5.16 Å². The van der Waals surface area contributed by atoms with E-state index in [1.54, 1.807) is 24.5 Å². The summed E-state index contributed by atoms with van der Waals surface area (Å²) in [6, 6.07) is 16.8. The summed E-state index contributed by atoms with van der Waals surface area (Å²) in [5, 5.41) is 19.4. The van der Waals surface area contributed by atoms with Crippen LogP contribution in [0.25, 0.3) is 17.1 Å². The molecule has 0 radical (unpaired) electrons. The van der Waals surface area contributed by atoms with Crippen LogP contribution in [0.3, 0.4) is 0 Å². The van der Waals surface area contributed by atoms with Crippen LogP contribution < -0.4 is 4.74 Å². The van der Waals surface area contributed by atoms with E-state index < -0.39 is 0 Å². The Morgan fingerprint density at radius 1 is 1.13 bits per heavy atom. The average molecular weight is 435 g/mol. The number of hydrogen-bond acceptors (Lipinski definition) is 7. The molecule has 0 saturated heterocycles. The fourth-order valence-corrected chi connectivity index (χ4v) is 3.73. The first-order valence-corrected chi connectivity index (χ1v) is 10.2. The van der Waals surface area contributed by atoms with Crippen molar-refractivity contribution in [2.24, 2.45) is 0 Å². The molecule has 0 atom stereocenters. The van der Waals surface area contributed by atoms with Crippen molar-refractivity contribution in [1.82, 2.24) is 24.7 Å². The number of rotatable bonds is 6. The van der Waals surface area contributed by atoms with Gasteiger partial charge in [0.25, 0.3) is 0 Å². The zero-order valence-corrected chi connectivity index (χ0v) is 17.4. The second-order valence-corrected chi connectivity index (χ2v) is 7.40. The van der Waals surface area contributed by atoms with Crippen LogP contribution in [0.15, 0.2) is 71.1 Å². The minimum atomic E-state index is 0.168. The molecule has 3 heterocycles. The normalized spacial score (nSPS) is 10.6. The molecule has 0 aliphatic heterocycles. The van der Waals surface area contributed by atoms with Crippen molar-refractivity contribution in [2.45, 2.75) is 17.1 Å². The number of nitriles is 1. The van der Waals surface area contributed by atoms with Crippen LogP contribution in [0.2, 0.25) is 5.02 Å². The number of hydrogen-bond donors (Lipinski definition) is 0. The summed E-state index contributed by atoms with van der Waals surface area (Å²) >= 11 is 7.30. The maximum Gasteiger partial charge on any atom is 0.202 e. The number of ether oxygens (including phenoxy) is 1. The number of aromatic nitrogens is 5. The summed E-state index contributed by atoms with van der Waals surface area (Å²) in [5.74, 6) is 1.42. The van der Waals surface area contributed by atoms with Crippen LogP contribution in [0.5, 0.6) is 5.75 Å². The minimum Gasteiger partial charge on any atom is -0.494 e. The van der Waals surface area contributed by atoms with E-state index in [1.807, 2.05) is 54.0 Å². The molecule has 1 aromatic carbocycles. The van der Waals surface area contributed by atoms with Crippen LogP contribution in [0.1, 0.15) is 12.6 Å². The predicted molar refractivity (Wildman–Crippen MR) is 114 cm³/mol. The molecule has 0 saturated carbocycles. The summed E-state index contributed by atoms with van der Waals surface area (Å²) in [4.78, 5) is 8.49. The van der Waals surface area contributed by atoms with Crippen molar-refractivity contribution >= 4 is 23.4 Å². The van der Waals surface area contributed by atoms with Crippen molar-refractivity contribution in [1.29, 1.82) is 5.26 Å². The molecule has 0 fully saturated rings. The zero-order chi connectivity index (χ0) is 20.9. The maximum atomic E-state index is 9.21. The number of halogens is 1. The van der Waals surface area contributed by atoms with Gasteiger partial charge in [-0.3, -0.25) is 9.55 Å². The molecule has 0 unspecified atom stereocenters. The summed E-state index contributed by atoms with van der Waals surface area (Å²) in [6.45, 7) is 2.54. The van der Waals surface area contributed by atoms with E-state index in [4.69, 9.17) is 16.3 Å². The van der Waals surface area contributed by atoms with Crippen molar-refractivity contribution in [2.75, 3.05) is 6.61 Å². The highest BCUT2D eigenvalue weighted by molar-refractivity contribution is 7.99. The third-order valence-corrected chi connectivity index (χ3v) is 5.27. The van der Waals surface area contributed by atoms with Crippen LogP contribution in [-0.4, -0.2) is 31.3 Å². The molecule has 0 bridgehead atoms. The Kier molecular flexibility index (Phi) is 5.93. The smallest absolute Gasteiger partial charge is 0.202 e. The van der Waals surface area contributed by atoms with Crippen LogP contribution >= 0.6 is 23.4 Å². The van der Waals surface area contributed by atoms with Crippen molar-refractivity contribution in [3.8, 4) is 28.9 Å². The van der Waals surface area contributed by atoms with E-state index in [-0.39, 0.29) is 5.69 Å². The molecule has 0 N–H and O–H groups in total. The van der Waals surface area contributed by atoms with Crippen molar-refractivity contribution in [3.63, 3.8) is 0 Å². The molecule has 0 aliphatic carbocycles. The van der Waals surface area contributed by atoms with Crippen molar-refractivity contribution < 1.29 is 4.74 Å². The molecule has 9 heteroatoms. The van der Waals surface area contributed by atoms with Gasteiger partial charge in [-0.05, 0) is 67.2 Å². The van der Waals surface area contributed by atoms with Gasteiger partial charge in [0.1, 0.15) is 16.8 Å². The molecule has 0 amide bonds. The van der Waals surface area contributed by atoms with E-state index >= 15 is 0 Å². The van der Waals surface area contributed by atoms with Gasteiger partial charge >= 0.3 is 0 Å². The number of nitrogens with zero attached hydrogens (tertiary/aromatic N) is 6. The molecular formula is C21H15ClN6OS. The third kappa shape index (κ3) is 4.13. The topological polar surface area (TPSA) is 89.5 Å². The van der Waals surface area contributed by atoms with E-state index in [1.165, 1.54) is 11.8 Å². The van der Waals surface area contributed by atoms with Gasteiger partial charge in [-0.15, -0.1) is 10.2 Å². The monoisotopic (exact) mass is 434 g/mol. The minimum absolute atomic E-state index is 0.168. The molecule has 4 rings (SSSR count). The lowest BCUT2D eigenvalue weighted by Gasteiger charge is -2.11. The molecule has 30 heavy (non-hydrogen) atoms. The van der Waals surface area contributed by atoms with Gasteiger partial charge in [-0.2, -0.15) is 5.26 Å². The molecule has 148 valence electrons. The molecule has 0 aliphatic rings. The molecule has 0 spiro atoms. The van der Waals surface area contributed by atoms with Crippen LogP contribution in [-0.2, 0) is 0 Å². The Morgan fingerprint density at radius 3 is 2.67 bits per heavy atom. The van der Waals surface area contributed by atoms with Gasteiger partial charge in [0.15, 0.2) is 11.5 Å². The first kappa shape index (κ1) is 19.9. The Morgan fingerprint density at radius 2 is 1.97 bits per heavy atom. The van der Waals surface area contributed by atoms with Gasteiger partial charge in [-0.1, -0.05) is 11.6 Å². The Labute approximate surface area is 182 Å². The number of benzene rings is 1. The fraction of sp³-hybridized carbons (Fsp3) is 0.0952. The highest BCUT2D eigenvalue weighted by Crippen LogP contribution is 2.32. The lowest BCUT2D eigenvalue weighted by molar-refractivity contribution is 0.340. The summed E-state index contributed by atoms with van der Waals surface area (Å²) in [6.07, 6.45) is 3.44. The fourth-order valence-electron chi connectivity index (χ4n) is 2.76. The summed E-state index contributed by atoms with van der Waals surface area (Å²) in [5.41, 5.74) is 1.85. The lowest BCUT2D eigenvalue weighted by atomic mass is 10.2. The molecular weight excluding hydrogens is 420 g/mol. The largest absolute Gasteiger partial charge is 0.494 e. The van der Waals surface area contributed by atoms with Crippen LogP contribution in [0.4, 0.5) is 0 Å². The SMILES string of the molecule is CCOc1ccc(-n2c(Sc3ccc(Cl)c(C#N)n3)nnc2-c2cccnc2)cc1. The molecule has 4 aromatic rings. The van der Waals surface area contributed by atoms with E-state index in [0.29, 0.717) is 27.6 Å². The van der Waals surface area contributed by atoms with E-state index in [2.05, 4.69) is 20.2 Å². The quantitative estimate of drug-likeness (QED) is 0.430. The Hall–Kier alpha value is -3.41. The van der Waals surface area contributed by atoms with Crippen LogP contribution in [0, 0.1) is 11.3 Å². The zero-order valence-electron chi connectivity index (χ0n) is 15.9. The summed E-state index contributed by atoms with van der Waals surface area (Å²) < 4.78 is 7.46. The lowest BCUT2D eigenvalue weighted by Crippen LogP contribution is -2.00. The third-order valence-electron chi connectivity index (χ3n) is 4.08. The Balaban J connectivity index is 1.79. The predicted octanol–water partition coefficient (Wildman–Crippen LogP) is 4.80. The van der Waals surface area contributed by atoms with E-state index in [0.717, 1.165) is 17.0 Å². The van der Waals surface area contributed by atoms with Gasteiger partial charge in [0, 0.05) is 18.0 Å². The molecule has 3 aromatic heterocycles. The number of pyridine rings is 2.